The lowest BCUT2D eigenvalue weighted by Crippen LogP contribution is -2.53. The van der Waals surface area contributed by atoms with Crippen LogP contribution in [0, 0.1) is 12.8 Å². The molecule has 17 nitrogen and oxygen atoms in total. The van der Waals surface area contributed by atoms with Crippen LogP contribution in [0.3, 0.4) is 0 Å². The molecule has 3 amide bonds. The Morgan fingerprint density at radius 3 is 2.47 bits per heavy atom. The van der Waals surface area contributed by atoms with Crippen LogP contribution < -0.4 is 26.0 Å². The predicted molar refractivity (Wildman–Crippen MR) is 243 cm³/mol. The van der Waals surface area contributed by atoms with E-state index in [-0.39, 0.29) is 23.9 Å². The number of amides is 3. The number of para-hydroxylation sites is 1. The molecule has 2 aromatic carbocycles. The summed E-state index contributed by atoms with van der Waals surface area (Å²) in [6, 6.07) is 15.8. The number of benzene rings is 2. The lowest BCUT2D eigenvalue weighted by Gasteiger charge is -2.43. The number of imide groups is 1. The van der Waals surface area contributed by atoms with Gasteiger partial charge in [0.25, 0.3) is 5.91 Å². The van der Waals surface area contributed by atoms with E-state index < -0.39 is 11.9 Å². The molecule has 4 aliphatic heterocycles. The zero-order valence-electron chi connectivity index (χ0n) is 37.0. The quantitative estimate of drug-likeness (QED) is 0.232. The number of hydrogen-bond acceptors (Lipinski definition) is 11. The van der Waals surface area contributed by atoms with Crippen LogP contribution in [0.4, 0.5) is 11.6 Å². The number of nitrogens with one attached hydrogen (secondary N) is 2. The van der Waals surface area contributed by atoms with E-state index in [0.29, 0.717) is 54.6 Å². The van der Waals surface area contributed by atoms with Crippen molar-refractivity contribution < 1.29 is 19.1 Å². The van der Waals surface area contributed by atoms with Crippen molar-refractivity contribution in [3.63, 3.8) is 0 Å². The Morgan fingerprint density at radius 1 is 0.859 bits per heavy atom. The summed E-state index contributed by atoms with van der Waals surface area (Å²) in [5, 5.41) is 9.99. The topological polar surface area (TPSA) is 170 Å². The van der Waals surface area contributed by atoms with Crippen molar-refractivity contribution in [1.29, 1.82) is 0 Å². The van der Waals surface area contributed by atoms with Crippen molar-refractivity contribution in [2.75, 3.05) is 56.1 Å². The zero-order valence-corrected chi connectivity index (χ0v) is 37.0. The maximum Gasteiger partial charge on any atom is 0.329 e. The second kappa shape index (κ2) is 17.0. The third-order valence-electron chi connectivity index (χ3n) is 13.7. The molecule has 4 aromatic heterocycles. The maximum absolute atomic E-state index is 13.9. The van der Waals surface area contributed by atoms with Crippen LogP contribution in [0.15, 0.2) is 59.5 Å². The molecule has 1 unspecified atom stereocenters. The lowest BCUT2D eigenvalue weighted by molar-refractivity contribution is -0.135. The number of pyridine rings is 1. The standard InChI is InChI=1S/C47H56N12O5/c1-29-7-6-22-64-45-34(26-48-54(45)4)36-25-32(23-30(2)49-36)43(61)52-46-50-35-11-10-31(24-40(35)58(46)27-29)28-55-18-20-56(21-19-55)33-14-16-57(17-15-33)37-8-5-9-38-42(37)53(3)47(63)59(38)39-12-13-41(60)51-44(39)62/h5,8-11,23-26,29,33,39H,6-7,12-22,27-28H2,1-4H3,(H,50,52,61)(H,51,60,62)/t29-,39?/m1/s1. The summed E-state index contributed by atoms with van der Waals surface area (Å²) in [4.78, 5) is 69.3. The third kappa shape index (κ3) is 7.84. The normalized spacial score (nSPS) is 20.9. The largest absolute Gasteiger partial charge is 0.477 e. The molecule has 0 saturated carbocycles. The van der Waals surface area contributed by atoms with Gasteiger partial charge in [0.05, 0.1) is 51.8 Å². The van der Waals surface area contributed by atoms with Gasteiger partial charge in [-0.25, -0.2) is 14.5 Å². The Bertz CT molecular complexity index is 2840. The highest BCUT2D eigenvalue weighted by molar-refractivity contribution is 6.05. The molecular weight excluding hydrogens is 813 g/mol. The fourth-order valence-electron chi connectivity index (χ4n) is 10.4. The summed E-state index contributed by atoms with van der Waals surface area (Å²) in [6.45, 7) is 11.9. The SMILES string of the molecule is Cc1cc2cc(n1)-c1cnn(C)c1OCCC[C@@H](C)Cn1c(nc3ccc(CN4CCN(C5CCN(c6cccc7c6n(C)c(=O)n7C6CCC(=O)NC6=O)CC5)CC4)cc31)NC2=O. The Hall–Kier alpha value is -6.33. The number of nitrogens with zero attached hydrogens (tertiary/aromatic N) is 10. The van der Waals surface area contributed by atoms with Crippen molar-refractivity contribution >= 4 is 51.4 Å². The van der Waals surface area contributed by atoms with E-state index in [1.807, 2.05) is 26.1 Å². The number of carbonyl (C=O) groups excluding carboxylic acids is 3. The fourth-order valence-corrected chi connectivity index (χ4v) is 10.4. The second-order valence-corrected chi connectivity index (χ2v) is 18.1. The van der Waals surface area contributed by atoms with Gasteiger partial charge < -0.3 is 14.2 Å². The minimum atomic E-state index is -0.704. The number of hydrogen-bond donors (Lipinski definition) is 2. The molecule has 3 fully saturated rings. The van der Waals surface area contributed by atoms with Gasteiger partial charge in [0.2, 0.25) is 23.6 Å². The first-order chi connectivity index (χ1) is 31.0. The van der Waals surface area contributed by atoms with Gasteiger partial charge in [-0.1, -0.05) is 19.1 Å². The number of piperidine rings is 2. The van der Waals surface area contributed by atoms with Crippen molar-refractivity contribution in [3.8, 4) is 17.1 Å². The second-order valence-electron chi connectivity index (χ2n) is 18.1. The summed E-state index contributed by atoms with van der Waals surface area (Å²) < 4.78 is 13.4. The molecule has 0 radical (unpaired) electrons. The fraction of sp³-hybridized carbons (Fsp3) is 0.468. The number of imidazole rings is 2. The minimum Gasteiger partial charge on any atom is -0.477 e. The van der Waals surface area contributed by atoms with Gasteiger partial charge in [0.1, 0.15) is 6.04 Å². The van der Waals surface area contributed by atoms with Gasteiger partial charge >= 0.3 is 5.69 Å². The van der Waals surface area contributed by atoms with Crippen LogP contribution in [0.25, 0.3) is 33.3 Å². The van der Waals surface area contributed by atoms with Crippen molar-refractivity contribution in [2.45, 2.75) is 77.5 Å². The molecule has 3 saturated heterocycles. The first-order valence-electron chi connectivity index (χ1n) is 22.7. The van der Waals surface area contributed by atoms with E-state index in [2.05, 4.69) is 66.2 Å². The van der Waals surface area contributed by atoms with Gasteiger partial charge in [-0.2, -0.15) is 5.10 Å². The number of aromatic nitrogens is 7. The Balaban J connectivity index is 0.801. The van der Waals surface area contributed by atoms with Crippen LogP contribution in [-0.4, -0.2) is 113 Å². The monoisotopic (exact) mass is 868 g/mol. The summed E-state index contributed by atoms with van der Waals surface area (Å²) in [5.74, 6) is 0.526. The van der Waals surface area contributed by atoms with Gasteiger partial charge in [0.15, 0.2) is 0 Å². The van der Waals surface area contributed by atoms with Crippen LogP contribution in [-0.2, 0) is 36.8 Å². The van der Waals surface area contributed by atoms with Gasteiger partial charge in [-0.15, -0.1) is 0 Å². The summed E-state index contributed by atoms with van der Waals surface area (Å²) in [7, 11) is 3.62. The molecule has 4 aliphatic rings. The highest BCUT2D eigenvalue weighted by Gasteiger charge is 2.33. The van der Waals surface area contributed by atoms with E-state index in [9.17, 15) is 19.2 Å². The molecule has 17 heteroatoms. The van der Waals surface area contributed by atoms with E-state index >= 15 is 0 Å². The lowest BCUT2D eigenvalue weighted by atomic mass is 10.0. The summed E-state index contributed by atoms with van der Waals surface area (Å²) in [5.41, 5.74) is 8.01. The van der Waals surface area contributed by atoms with E-state index in [1.54, 1.807) is 39.2 Å². The first-order valence-corrected chi connectivity index (χ1v) is 22.7. The summed E-state index contributed by atoms with van der Waals surface area (Å²) in [6.07, 6.45) is 6.12. The molecule has 8 heterocycles. The minimum absolute atomic E-state index is 0.215. The number of ether oxygens (including phenoxy) is 1. The number of fused-ring (bicyclic) bond motifs is 8. The van der Waals surface area contributed by atoms with Gasteiger partial charge in [0, 0.05) is 90.2 Å². The third-order valence-corrected chi connectivity index (χ3v) is 13.7. The summed E-state index contributed by atoms with van der Waals surface area (Å²) >= 11 is 0. The first kappa shape index (κ1) is 41.7. The van der Waals surface area contributed by atoms with Crippen LogP contribution >= 0.6 is 0 Å². The Labute approximate surface area is 371 Å². The molecular formula is C47H56N12O5. The Morgan fingerprint density at radius 2 is 1.67 bits per heavy atom. The molecule has 0 aliphatic carbocycles. The van der Waals surface area contributed by atoms with Gasteiger partial charge in [-0.3, -0.25) is 48.9 Å². The van der Waals surface area contributed by atoms with Crippen molar-refractivity contribution in [1.82, 2.24) is 48.6 Å². The van der Waals surface area contributed by atoms with Crippen LogP contribution in [0.1, 0.15) is 73.1 Å². The van der Waals surface area contributed by atoms with Crippen molar-refractivity contribution in [3.05, 3.63) is 82.0 Å². The number of carbonyl (C=O) groups is 3. The molecule has 64 heavy (non-hydrogen) atoms. The molecule has 6 aromatic rings. The van der Waals surface area contributed by atoms with Crippen LogP contribution in [0.2, 0.25) is 0 Å². The van der Waals surface area contributed by atoms with E-state index in [1.165, 1.54) is 5.56 Å². The highest BCUT2D eigenvalue weighted by Crippen LogP contribution is 2.34. The molecule has 0 spiro atoms. The maximum atomic E-state index is 13.9. The van der Waals surface area contributed by atoms with Crippen molar-refractivity contribution in [2.24, 2.45) is 20.0 Å². The molecule has 10 rings (SSSR count). The average Bonchev–Trinajstić information content (AvgIpc) is 3.91. The highest BCUT2D eigenvalue weighted by atomic mass is 16.5. The smallest absolute Gasteiger partial charge is 0.329 e. The number of anilines is 2. The molecule has 2 atom stereocenters. The van der Waals surface area contributed by atoms with Gasteiger partial charge in [-0.05, 0) is 86.9 Å². The van der Waals surface area contributed by atoms with E-state index in [4.69, 9.17) is 14.7 Å². The van der Waals surface area contributed by atoms with Crippen LogP contribution in [0.5, 0.6) is 5.88 Å². The number of aryl methyl sites for hydroxylation is 3. The number of rotatable bonds is 5. The molecule has 334 valence electrons. The zero-order chi connectivity index (χ0) is 44.2. The average molecular weight is 869 g/mol. The predicted octanol–water partition coefficient (Wildman–Crippen LogP) is 4.62. The molecule has 2 bridgehead atoms. The number of piperazine rings is 1. The van der Waals surface area contributed by atoms with E-state index in [0.717, 1.165) is 111 Å². The Kier molecular flexibility index (Phi) is 11.1. The molecule has 2 N–H and O–H groups in total.